The van der Waals surface area contributed by atoms with Gasteiger partial charge in [0.2, 0.25) is 0 Å². The fourth-order valence-electron chi connectivity index (χ4n) is 1.56. The predicted octanol–water partition coefficient (Wildman–Crippen LogP) is 3.04. The first-order chi connectivity index (χ1) is 9.53. The second-order valence-electron chi connectivity index (χ2n) is 4.03. The van der Waals surface area contributed by atoms with Crippen LogP contribution in [0.25, 0.3) is 0 Å². The molecule has 1 rings (SSSR count). The highest BCUT2D eigenvalue weighted by molar-refractivity contribution is 5.78. The molecule has 118 valence electrons. The van der Waals surface area contributed by atoms with E-state index in [2.05, 4.69) is 4.74 Å². The van der Waals surface area contributed by atoms with Crippen LogP contribution in [0.3, 0.4) is 0 Å². The summed E-state index contributed by atoms with van der Waals surface area (Å²) in [6, 6.07) is -0.836. The molecule has 0 saturated carbocycles. The van der Waals surface area contributed by atoms with Crippen molar-refractivity contribution in [2.45, 2.75) is 25.1 Å². The molecule has 0 fully saturated rings. The van der Waals surface area contributed by atoms with Gasteiger partial charge >= 0.3 is 18.1 Å². The number of rotatable bonds is 4. The fraction of sp³-hybridized carbons (Fsp3) is 0.417. The van der Waals surface area contributed by atoms with Crippen molar-refractivity contribution in [3.8, 4) is 0 Å². The van der Waals surface area contributed by atoms with E-state index in [1.807, 2.05) is 0 Å². The summed E-state index contributed by atoms with van der Waals surface area (Å²) in [5, 5.41) is 0. The number of ether oxygens (including phenoxy) is 1. The van der Waals surface area contributed by atoms with Gasteiger partial charge in [-0.3, -0.25) is 0 Å². The molecule has 21 heavy (non-hydrogen) atoms. The maximum atomic E-state index is 13.7. The number of alkyl halides is 5. The lowest BCUT2D eigenvalue weighted by Gasteiger charge is -2.23. The van der Waals surface area contributed by atoms with E-state index in [0.29, 0.717) is 12.1 Å². The first-order valence-corrected chi connectivity index (χ1v) is 5.69. The van der Waals surface area contributed by atoms with E-state index in [9.17, 15) is 31.1 Å². The topological polar surface area (TPSA) is 52.3 Å². The Morgan fingerprint density at radius 3 is 2.33 bits per heavy atom. The Bertz CT molecular complexity index is 529. The third kappa shape index (κ3) is 3.46. The lowest BCUT2D eigenvalue weighted by atomic mass is 9.98. The minimum absolute atomic E-state index is 0.383. The highest BCUT2D eigenvalue weighted by Crippen LogP contribution is 2.37. The average molecular weight is 315 g/mol. The summed E-state index contributed by atoms with van der Waals surface area (Å²) in [5.74, 6) is -8.34. The van der Waals surface area contributed by atoms with E-state index in [1.165, 1.54) is 6.92 Å². The Morgan fingerprint density at radius 1 is 1.29 bits per heavy atom. The number of benzene rings is 1. The third-order valence-corrected chi connectivity index (χ3v) is 2.61. The largest absolute Gasteiger partial charge is 0.462 e. The van der Waals surface area contributed by atoms with E-state index in [0.717, 1.165) is 6.07 Å². The summed E-state index contributed by atoms with van der Waals surface area (Å²) in [7, 11) is 0. The number of carbonyl (C=O) groups is 1. The standard InChI is InChI=1S/C12H11F6NO2/c1-2-21-10(20)11(14,15)9(19)6-4-3-5-7(8(6)13)12(16,17)18/h3-5,9H,2,19H2,1H3/t9-/m1/s1. The smallest absolute Gasteiger partial charge is 0.419 e. The van der Waals surface area contributed by atoms with Crippen LogP contribution in [0.1, 0.15) is 24.1 Å². The van der Waals surface area contributed by atoms with Crippen LogP contribution in [0.5, 0.6) is 0 Å². The minimum Gasteiger partial charge on any atom is -0.462 e. The normalized spacial score (nSPS) is 13.9. The van der Waals surface area contributed by atoms with Gasteiger partial charge in [-0.05, 0) is 13.0 Å². The summed E-state index contributed by atoms with van der Waals surface area (Å²) in [6.07, 6.45) is -5.07. The van der Waals surface area contributed by atoms with Crippen LogP contribution in [0.4, 0.5) is 26.3 Å². The molecule has 0 heterocycles. The van der Waals surface area contributed by atoms with Crippen molar-refractivity contribution < 1.29 is 35.9 Å². The van der Waals surface area contributed by atoms with Crippen molar-refractivity contribution in [3.63, 3.8) is 0 Å². The van der Waals surface area contributed by atoms with Crippen LogP contribution in [0.15, 0.2) is 18.2 Å². The van der Waals surface area contributed by atoms with Gasteiger partial charge in [-0.2, -0.15) is 22.0 Å². The van der Waals surface area contributed by atoms with Gasteiger partial charge < -0.3 is 10.5 Å². The molecule has 0 aromatic heterocycles. The van der Waals surface area contributed by atoms with E-state index in [4.69, 9.17) is 5.73 Å². The number of halogens is 6. The molecule has 1 aromatic rings. The van der Waals surface area contributed by atoms with Crippen LogP contribution in [0, 0.1) is 5.82 Å². The Kier molecular flexibility index (Phi) is 4.87. The molecular formula is C12H11F6NO2. The van der Waals surface area contributed by atoms with Crippen molar-refractivity contribution in [2.75, 3.05) is 6.61 Å². The minimum atomic E-state index is -5.07. The third-order valence-electron chi connectivity index (χ3n) is 2.61. The van der Waals surface area contributed by atoms with Gasteiger partial charge in [0.15, 0.2) is 0 Å². The van der Waals surface area contributed by atoms with E-state index in [1.54, 1.807) is 0 Å². The van der Waals surface area contributed by atoms with Crippen molar-refractivity contribution in [2.24, 2.45) is 5.73 Å². The van der Waals surface area contributed by atoms with E-state index >= 15 is 0 Å². The van der Waals surface area contributed by atoms with Gasteiger partial charge in [-0.1, -0.05) is 12.1 Å². The van der Waals surface area contributed by atoms with Crippen LogP contribution >= 0.6 is 0 Å². The Balaban J connectivity index is 3.25. The molecule has 0 spiro atoms. The molecule has 0 unspecified atom stereocenters. The van der Waals surface area contributed by atoms with Crippen LogP contribution in [0.2, 0.25) is 0 Å². The van der Waals surface area contributed by atoms with Crippen LogP contribution < -0.4 is 5.73 Å². The van der Waals surface area contributed by atoms with Gasteiger partial charge in [0.1, 0.15) is 11.9 Å². The number of nitrogens with two attached hydrogens (primary N) is 1. The molecule has 9 heteroatoms. The van der Waals surface area contributed by atoms with Gasteiger partial charge in [-0.15, -0.1) is 0 Å². The summed E-state index contributed by atoms with van der Waals surface area (Å²) >= 11 is 0. The number of esters is 1. The molecule has 0 aliphatic carbocycles. The fourth-order valence-corrected chi connectivity index (χ4v) is 1.56. The first-order valence-electron chi connectivity index (χ1n) is 5.69. The molecular weight excluding hydrogens is 304 g/mol. The zero-order valence-corrected chi connectivity index (χ0v) is 10.7. The SMILES string of the molecule is CCOC(=O)C(F)(F)[C@H](N)c1cccc(C(F)(F)F)c1F. The summed E-state index contributed by atoms with van der Waals surface area (Å²) in [4.78, 5) is 11.1. The molecule has 0 radical (unpaired) electrons. The summed E-state index contributed by atoms with van der Waals surface area (Å²) in [6.45, 7) is 0.872. The average Bonchev–Trinajstić information content (AvgIpc) is 2.37. The van der Waals surface area contributed by atoms with Crippen molar-refractivity contribution in [3.05, 3.63) is 35.1 Å². The molecule has 3 nitrogen and oxygen atoms in total. The van der Waals surface area contributed by atoms with Gasteiger partial charge in [0.25, 0.3) is 0 Å². The molecule has 0 aliphatic rings. The predicted molar refractivity (Wildman–Crippen MR) is 59.9 cm³/mol. The zero-order chi connectivity index (χ0) is 16.4. The molecule has 1 atom stereocenters. The monoisotopic (exact) mass is 315 g/mol. The Labute approximate surface area is 115 Å². The van der Waals surface area contributed by atoms with Crippen molar-refractivity contribution in [1.82, 2.24) is 0 Å². The molecule has 1 aromatic carbocycles. The van der Waals surface area contributed by atoms with E-state index in [-0.39, 0.29) is 6.61 Å². The molecule has 0 aliphatic heterocycles. The molecule has 2 N–H and O–H groups in total. The van der Waals surface area contributed by atoms with Gasteiger partial charge in [0, 0.05) is 5.56 Å². The lowest BCUT2D eigenvalue weighted by Crippen LogP contribution is -2.42. The number of carbonyl (C=O) groups excluding carboxylic acids is 1. The van der Waals surface area contributed by atoms with E-state index < -0.39 is 41.1 Å². The number of hydrogen-bond donors (Lipinski definition) is 1. The Hall–Kier alpha value is -1.77. The molecule has 0 saturated heterocycles. The maximum absolute atomic E-state index is 13.7. The zero-order valence-electron chi connectivity index (χ0n) is 10.7. The van der Waals surface area contributed by atoms with Crippen LogP contribution in [-0.4, -0.2) is 18.5 Å². The van der Waals surface area contributed by atoms with Crippen molar-refractivity contribution in [1.29, 1.82) is 0 Å². The molecule has 0 amide bonds. The van der Waals surface area contributed by atoms with Crippen molar-refractivity contribution >= 4 is 5.97 Å². The lowest BCUT2D eigenvalue weighted by molar-refractivity contribution is -0.175. The quantitative estimate of drug-likeness (QED) is 0.686. The number of hydrogen-bond acceptors (Lipinski definition) is 3. The second-order valence-corrected chi connectivity index (χ2v) is 4.03. The summed E-state index contributed by atoms with van der Waals surface area (Å²) < 4.78 is 82.6. The van der Waals surface area contributed by atoms with Crippen LogP contribution in [-0.2, 0) is 15.7 Å². The second kappa shape index (κ2) is 5.92. The highest BCUT2D eigenvalue weighted by atomic mass is 19.4. The summed E-state index contributed by atoms with van der Waals surface area (Å²) in [5.41, 5.74) is 2.20. The molecule has 0 bridgehead atoms. The van der Waals surface area contributed by atoms with Gasteiger partial charge in [-0.25, -0.2) is 9.18 Å². The van der Waals surface area contributed by atoms with Gasteiger partial charge in [0.05, 0.1) is 12.2 Å². The Morgan fingerprint density at radius 2 is 1.86 bits per heavy atom. The maximum Gasteiger partial charge on any atom is 0.419 e. The first kappa shape index (κ1) is 17.3. The highest BCUT2D eigenvalue weighted by Gasteiger charge is 2.49.